The molecule has 0 aromatic heterocycles. The van der Waals surface area contributed by atoms with Crippen molar-refractivity contribution in [1.29, 1.82) is 0 Å². The number of benzene rings is 1. The zero-order valence-electron chi connectivity index (χ0n) is 9.95. The van der Waals surface area contributed by atoms with Crippen molar-refractivity contribution in [3.63, 3.8) is 0 Å². The summed E-state index contributed by atoms with van der Waals surface area (Å²) in [6, 6.07) is 10.5. The van der Waals surface area contributed by atoms with Crippen LogP contribution in [0.5, 0.6) is 0 Å². The molecule has 0 bridgehead atoms. The summed E-state index contributed by atoms with van der Waals surface area (Å²) in [5.74, 6) is -1.87. The molecule has 1 aliphatic rings. The molecule has 0 amide bonds. The van der Waals surface area contributed by atoms with Gasteiger partial charge in [0.15, 0.2) is 0 Å². The van der Waals surface area contributed by atoms with Crippen LogP contribution in [0.15, 0.2) is 30.3 Å². The van der Waals surface area contributed by atoms with Gasteiger partial charge in [-0.1, -0.05) is 0 Å². The molecule has 0 aliphatic carbocycles. The summed E-state index contributed by atoms with van der Waals surface area (Å²) < 4.78 is 8.13. The Labute approximate surface area is 110 Å². The van der Waals surface area contributed by atoms with Gasteiger partial charge >= 0.3 is 110 Å². The predicted octanol–water partition coefficient (Wildman–Crippen LogP) is 1.35. The summed E-state index contributed by atoms with van der Waals surface area (Å²) in [6.07, 6.45) is 2.18. The first-order valence-electron chi connectivity index (χ1n) is 5.81. The van der Waals surface area contributed by atoms with Gasteiger partial charge in [0, 0.05) is 0 Å². The van der Waals surface area contributed by atoms with Gasteiger partial charge in [-0.25, -0.2) is 0 Å². The van der Waals surface area contributed by atoms with E-state index < -0.39 is 5.89 Å². The van der Waals surface area contributed by atoms with Gasteiger partial charge in [-0.15, -0.1) is 0 Å². The van der Waals surface area contributed by atoms with Gasteiger partial charge in [-0.05, 0) is 0 Å². The van der Waals surface area contributed by atoms with E-state index in [1.165, 1.54) is 5.30 Å². The van der Waals surface area contributed by atoms with Crippen LogP contribution in [-0.2, 0) is 4.52 Å². The third kappa shape index (κ3) is 2.58. The third-order valence-electron chi connectivity index (χ3n) is 3.22. The molecule has 3 nitrogen and oxygen atoms in total. The van der Waals surface area contributed by atoms with E-state index in [9.17, 15) is 5.11 Å². The fourth-order valence-electron chi connectivity index (χ4n) is 2.33. The van der Waals surface area contributed by atoms with E-state index in [1.54, 1.807) is 7.11 Å². The van der Waals surface area contributed by atoms with E-state index in [0.717, 1.165) is 19.4 Å². The Kier molecular flexibility index (Phi) is 4.59. The fourth-order valence-corrected chi connectivity index (χ4v) is 6.74. The van der Waals surface area contributed by atoms with Crippen molar-refractivity contribution in [2.24, 2.45) is 0 Å². The predicted molar refractivity (Wildman–Crippen MR) is 72.6 cm³/mol. The van der Waals surface area contributed by atoms with E-state index in [0.29, 0.717) is 0 Å². The number of nitrogens with zero attached hydrogens (tertiary/aromatic N) is 1. The standard InChI is InChI=1S/C12H18NO2PSe/c1-15-16(17,12-7-3-2-4-8-12)13-9-5-6-11(13)10-14/h2-4,7-8,11,14H,5-6,9-10H2,1H3/t11-,16?/m0/s1. The maximum atomic E-state index is 9.45. The molecule has 0 radical (unpaired) electrons. The Hall–Kier alpha value is 0.0495. The molecule has 1 unspecified atom stereocenters. The number of aliphatic hydroxyl groups is 1. The summed E-state index contributed by atoms with van der Waals surface area (Å²) in [5.41, 5.74) is 0. The number of aliphatic hydroxyl groups excluding tert-OH is 1. The van der Waals surface area contributed by atoms with Crippen LogP contribution in [0.25, 0.3) is 0 Å². The summed E-state index contributed by atoms with van der Waals surface area (Å²) in [7, 11) is 1.75. The van der Waals surface area contributed by atoms with E-state index >= 15 is 0 Å². The van der Waals surface area contributed by atoms with Gasteiger partial charge in [-0.3, -0.25) is 0 Å². The molecule has 17 heavy (non-hydrogen) atoms. The van der Waals surface area contributed by atoms with Crippen LogP contribution in [0.2, 0.25) is 0 Å². The quantitative estimate of drug-likeness (QED) is 0.672. The second kappa shape index (κ2) is 5.79. The first kappa shape index (κ1) is 13.5. The molecule has 1 N–H and O–H groups in total. The third-order valence-corrected chi connectivity index (χ3v) is 9.46. The van der Waals surface area contributed by atoms with Crippen molar-refractivity contribution in [1.82, 2.24) is 4.67 Å². The number of hydrogen-bond acceptors (Lipinski definition) is 3. The van der Waals surface area contributed by atoms with Crippen molar-refractivity contribution >= 4 is 26.3 Å². The summed E-state index contributed by atoms with van der Waals surface area (Å²) in [4.78, 5) is 0. The minimum atomic E-state index is -1.87. The average Bonchev–Trinajstić information content (AvgIpc) is 2.87. The zero-order valence-corrected chi connectivity index (χ0v) is 12.6. The van der Waals surface area contributed by atoms with Crippen molar-refractivity contribution in [3.05, 3.63) is 30.3 Å². The molecule has 1 fully saturated rings. The van der Waals surface area contributed by atoms with Crippen LogP contribution in [0, 0.1) is 0 Å². The van der Waals surface area contributed by atoms with Crippen LogP contribution >= 0.6 is 5.89 Å². The van der Waals surface area contributed by atoms with Gasteiger partial charge < -0.3 is 0 Å². The van der Waals surface area contributed by atoms with E-state index in [4.69, 9.17) is 4.52 Å². The molecule has 1 heterocycles. The summed E-state index contributed by atoms with van der Waals surface area (Å²) in [5, 5.41) is 10.6. The molecule has 0 saturated carbocycles. The molecule has 2 rings (SSSR count). The van der Waals surface area contributed by atoms with Crippen LogP contribution in [-0.4, -0.2) is 51.2 Å². The first-order chi connectivity index (χ1) is 8.22. The SMILES string of the molecule is COP(=[Se])(c1ccccc1)N1CCC[C@H]1CO. The molecule has 1 saturated heterocycles. The zero-order chi connectivity index (χ0) is 12.3. The second-order valence-corrected chi connectivity index (χ2v) is 9.73. The maximum absolute atomic E-state index is 9.45. The van der Waals surface area contributed by atoms with Gasteiger partial charge in [0.2, 0.25) is 0 Å². The van der Waals surface area contributed by atoms with E-state index in [1.807, 2.05) is 18.2 Å². The molecule has 1 aromatic rings. The van der Waals surface area contributed by atoms with Crippen LogP contribution in [0.4, 0.5) is 0 Å². The molecule has 1 aliphatic heterocycles. The Morgan fingerprint density at radius 3 is 2.76 bits per heavy atom. The van der Waals surface area contributed by atoms with E-state index in [-0.39, 0.29) is 12.6 Å². The van der Waals surface area contributed by atoms with Crippen molar-refractivity contribution < 1.29 is 9.63 Å². The molecular weight excluding hydrogens is 300 g/mol. The van der Waals surface area contributed by atoms with Gasteiger partial charge in [-0.2, -0.15) is 0 Å². The second-order valence-electron chi connectivity index (χ2n) is 4.18. The van der Waals surface area contributed by atoms with Crippen LogP contribution < -0.4 is 5.30 Å². The Bertz CT molecular complexity index is 412. The molecule has 1 aromatic carbocycles. The molecule has 94 valence electrons. The van der Waals surface area contributed by atoms with Crippen molar-refractivity contribution in [3.8, 4) is 0 Å². The van der Waals surface area contributed by atoms with Crippen molar-refractivity contribution in [2.45, 2.75) is 18.9 Å². The topological polar surface area (TPSA) is 32.7 Å². The van der Waals surface area contributed by atoms with Gasteiger partial charge in [0.1, 0.15) is 0 Å². The summed E-state index contributed by atoms with van der Waals surface area (Å²) >= 11 is 3.27. The molecule has 2 atom stereocenters. The summed E-state index contributed by atoms with van der Waals surface area (Å²) in [6.45, 7) is 1.20. The normalized spacial score (nSPS) is 24.7. The van der Waals surface area contributed by atoms with Gasteiger partial charge in [0.25, 0.3) is 0 Å². The average molecular weight is 318 g/mol. The fraction of sp³-hybridized carbons (Fsp3) is 0.500. The van der Waals surface area contributed by atoms with Crippen molar-refractivity contribution in [2.75, 3.05) is 20.3 Å². The van der Waals surface area contributed by atoms with Crippen LogP contribution in [0.1, 0.15) is 12.8 Å². The molecule has 0 spiro atoms. The number of rotatable bonds is 4. The van der Waals surface area contributed by atoms with Gasteiger partial charge in [0.05, 0.1) is 0 Å². The molecular formula is C12H18NO2PSe. The monoisotopic (exact) mass is 319 g/mol. The molecule has 5 heteroatoms. The Morgan fingerprint density at radius 2 is 2.18 bits per heavy atom. The minimum absolute atomic E-state index is 0.208. The Balaban J connectivity index is 2.34. The Morgan fingerprint density at radius 1 is 1.47 bits per heavy atom. The first-order valence-corrected chi connectivity index (χ1v) is 9.69. The van der Waals surface area contributed by atoms with Crippen LogP contribution in [0.3, 0.4) is 0 Å². The van der Waals surface area contributed by atoms with E-state index in [2.05, 4.69) is 31.9 Å². The number of hydrogen-bond donors (Lipinski definition) is 1.